The molecule has 1 heterocycles. The molecule has 1 aromatic rings. The van der Waals surface area contributed by atoms with Crippen LogP contribution in [0, 0.1) is 0 Å². The van der Waals surface area contributed by atoms with Gasteiger partial charge in [-0.05, 0) is 6.42 Å². The molecule has 0 amide bonds. The van der Waals surface area contributed by atoms with Gasteiger partial charge in [0.2, 0.25) is 0 Å². The predicted octanol–water partition coefficient (Wildman–Crippen LogP) is 3.88. The van der Waals surface area contributed by atoms with Crippen LogP contribution in [0.1, 0.15) is 45.4 Å². The van der Waals surface area contributed by atoms with Crippen LogP contribution < -0.4 is 0 Å². The lowest BCUT2D eigenvalue weighted by Gasteiger charge is -2.01. The van der Waals surface area contributed by atoms with Gasteiger partial charge >= 0.3 is 12.1 Å². The Balaban J connectivity index is 0.000000441. The van der Waals surface area contributed by atoms with Gasteiger partial charge in [-0.1, -0.05) is 39.0 Å². The quantitative estimate of drug-likeness (QED) is 0.776. The highest BCUT2D eigenvalue weighted by Gasteiger charge is 2.38. The van der Waals surface area contributed by atoms with E-state index >= 15 is 0 Å². The zero-order valence-corrected chi connectivity index (χ0v) is 11.6. The smallest absolute Gasteiger partial charge is 0.475 e. The molecule has 116 valence electrons. The van der Waals surface area contributed by atoms with Gasteiger partial charge in [-0.2, -0.15) is 13.2 Å². The van der Waals surface area contributed by atoms with Crippen LogP contribution in [-0.2, 0) is 11.3 Å². The third-order valence-electron chi connectivity index (χ3n) is 2.57. The van der Waals surface area contributed by atoms with Gasteiger partial charge in [0.15, 0.2) is 0 Å². The number of carboxylic acids is 1. The van der Waals surface area contributed by atoms with E-state index in [4.69, 9.17) is 9.90 Å². The molecule has 0 radical (unpaired) electrons. The minimum atomic E-state index is -5.08. The van der Waals surface area contributed by atoms with Crippen molar-refractivity contribution in [1.29, 1.82) is 0 Å². The van der Waals surface area contributed by atoms with Crippen LogP contribution >= 0.6 is 0 Å². The normalized spacial score (nSPS) is 10.8. The minimum Gasteiger partial charge on any atom is -0.475 e. The largest absolute Gasteiger partial charge is 0.490 e. The first-order chi connectivity index (χ1) is 9.38. The van der Waals surface area contributed by atoms with Gasteiger partial charge < -0.3 is 9.67 Å². The number of unbranched alkanes of at least 4 members (excludes halogenated alkanes) is 5. The molecule has 4 nitrogen and oxygen atoms in total. The monoisotopic (exact) mass is 294 g/mol. The van der Waals surface area contributed by atoms with E-state index in [2.05, 4.69) is 16.5 Å². The Hall–Kier alpha value is -1.53. The molecule has 0 spiro atoms. The van der Waals surface area contributed by atoms with Crippen LogP contribution in [0.4, 0.5) is 13.2 Å². The maximum Gasteiger partial charge on any atom is 0.490 e. The average Bonchev–Trinajstić information content (AvgIpc) is 2.86. The first-order valence-electron chi connectivity index (χ1n) is 6.63. The highest BCUT2D eigenvalue weighted by atomic mass is 19.4. The molecule has 0 fully saturated rings. The van der Waals surface area contributed by atoms with Gasteiger partial charge in [0.1, 0.15) is 0 Å². The second-order valence-electron chi connectivity index (χ2n) is 4.37. The molecule has 0 aliphatic heterocycles. The topological polar surface area (TPSA) is 55.1 Å². The average molecular weight is 294 g/mol. The van der Waals surface area contributed by atoms with Gasteiger partial charge in [0.25, 0.3) is 0 Å². The van der Waals surface area contributed by atoms with Crippen molar-refractivity contribution in [2.75, 3.05) is 0 Å². The summed E-state index contributed by atoms with van der Waals surface area (Å²) in [7, 11) is 0. The number of imidazole rings is 1. The van der Waals surface area contributed by atoms with E-state index in [1.807, 2.05) is 18.7 Å². The molecule has 0 saturated heterocycles. The molecule has 20 heavy (non-hydrogen) atoms. The highest BCUT2D eigenvalue weighted by Crippen LogP contribution is 2.13. The maximum atomic E-state index is 10.6. The standard InChI is InChI=1S/C11H20N2.C2HF3O2/c1-2-3-4-5-6-7-9-13-10-8-12-11-13;3-2(4,5)1(6)7/h8,10-11H,2-7,9H2,1H3;(H,6,7). The molecule has 0 aliphatic rings. The van der Waals surface area contributed by atoms with Crippen molar-refractivity contribution in [3.05, 3.63) is 18.7 Å². The van der Waals surface area contributed by atoms with E-state index in [1.54, 1.807) is 0 Å². The van der Waals surface area contributed by atoms with Crippen LogP contribution in [0.5, 0.6) is 0 Å². The predicted molar refractivity (Wildman–Crippen MR) is 69.3 cm³/mol. The van der Waals surface area contributed by atoms with E-state index in [0.29, 0.717) is 0 Å². The number of aliphatic carboxylic acids is 1. The van der Waals surface area contributed by atoms with Crippen LogP contribution in [0.3, 0.4) is 0 Å². The molecule has 1 aromatic heterocycles. The summed E-state index contributed by atoms with van der Waals surface area (Å²) >= 11 is 0. The number of carbonyl (C=O) groups is 1. The van der Waals surface area contributed by atoms with Crippen molar-refractivity contribution in [2.24, 2.45) is 0 Å². The lowest BCUT2D eigenvalue weighted by atomic mass is 10.1. The number of hydrogen-bond acceptors (Lipinski definition) is 2. The van der Waals surface area contributed by atoms with Crippen LogP contribution in [0.2, 0.25) is 0 Å². The molecule has 1 N–H and O–H groups in total. The zero-order valence-electron chi connectivity index (χ0n) is 11.6. The van der Waals surface area contributed by atoms with E-state index in [-0.39, 0.29) is 0 Å². The number of hydrogen-bond donors (Lipinski definition) is 1. The van der Waals surface area contributed by atoms with Crippen molar-refractivity contribution in [1.82, 2.24) is 9.55 Å². The summed E-state index contributed by atoms with van der Waals surface area (Å²) in [5.41, 5.74) is 0. The highest BCUT2D eigenvalue weighted by molar-refractivity contribution is 5.73. The molecule has 0 aliphatic carbocycles. The number of nitrogens with zero attached hydrogens (tertiary/aromatic N) is 2. The van der Waals surface area contributed by atoms with Crippen LogP contribution in [-0.4, -0.2) is 26.8 Å². The fourth-order valence-corrected chi connectivity index (χ4v) is 1.49. The molecule has 0 saturated carbocycles. The first kappa shape index (κ1) is 18.5. The van der Waals surface area contributed by atoms with Crippen LogP contribution in [0.15, 0.2) is 18.7 Å². The summed E-state index contributed by atoms with van der Waals surface area (Å²) in [6.45, 7) is 3.39. The number of halogens is 3. The summed E-state index contributed by atoms with van der Waals surface area (Å²) in [4.78, 5) is 12.9. The van der Waals surface area contributed by atoms with Gasteiger partial charge in [0, 0.05) is 18.9 Å². The third-order valence-corrected chi connectivity index (χ3v) is 2.57. The Morgan fingerprint density at radius 3 is 2.20 bits per heavy atom. The molecule has 1 rings (SSSR count). The number of aryl methyl sites for hydroxylation is 1. The molecule has 0 bridgehead atoms. The van der Waals surface area contributed by atoms with Crippen LogP contribution in [0.25, 0.3) is 0 Å². The number of carboxylic acid groups (broad SMARTS) is 1. The minimum absolute atomic E-state index is 1.13. The Morgan fingerprint density at radius 1 is 1.20 bits per heavy atom. The molecule has 7 heteroatoms. The fourth-order valence-electron chi connectivity index (χ4n) is 1.49. The van der Waals surface area contributed by atoms with Gasteiger partial charge in [-0.25, -0.2) is 9.78 Å². The van der Waals surface area contributed by atoms with E-state index in [0.717, 1.165) is 6.54 Å². The molecular weight excluding hydrogens is 273 g/mol. The lowest BCUT2D eigenvalue weighted by Crippen LogP contribution is -2.21. The number of aromatic nitrogens is 2. The van der Waals surface area contributed by atoms with Crippen molar-refractivity contribution in [2.45, 2.75) is 58.2 Å². The summed E-state index contributed by atoms with van der Waals surface area (Å²) in [6.07, 6.45) is 8.86. The first-order valence-corrected chi connectivity index (χ1v) is 6.63. The Labute approximate surface area is 116 Å². The van der Waals surface area contributed by atoms with Gasteiger partial charge in [0.05, 0.1) is 6.33 Å². The van der Waals surface area contributed by atoms with Crippen molar-refractivity contribution >= 4 is 5.97 Å². The third kappa shape index (κ3) is 10.4. The molecular formula is C13H21F3N2O2. The SMILES string of the molecule is CCCCCCCCn1ccnc1.O=C(O)C(F)(F)F. The summed E-state index contributed by atoms with van der Waals surface area (Å²) in [5, 5.41) is 7.12. The summed E-state index contributed by atoms with van der Waals surface area (Å²) < 4.78 is 33.9. The number of alkyl halides is 3. The number of rotatable bonds is 7. The van der Waals surface area contributed by atoms with Gasteiger partial charge in [-0.15, -0.1) is 0 Å². The zero-order chi connectivity index (χ0) is 15.4. The van der Waals surface area contributed by atoms with E-state index < -0.39 is 12.1 Å². The second-order valence-corrected chi connectivity index (χ2v) is 4.37. The summed E-state index contributed by atoms with van der Waals surface area (Å²) in [5.74, 6) is -2.76. The second kappa shape index (κ2) is 10.3. The van der Waals surface area contributed by atoms with Crippen molar-refractivity contribution in [3.8, 4) is 0 Å². The Bertz CT molecular complexity index is 351. The van der Waals surface area contributed by atoms with E-state index in [9.17, 15) is 13.2 Å². The summed E-state index contributed by atoms with van der Waals surface area (Å²) in [6, 6.07) is 0. The lowest BCUT2D eigenvalue weighted by molar-refractivity contribution is -0.192. The van der Waals surface area contributed by atoms with Crippen molar-refractivity contribution in [3.63, 3.8) is 0 Å². The molecule has 0 atom stereocenters. The molecule has 0 unspecified atom stereocenters. The maximum absolute atomic E-state index is 10.6. The van der Waals surface area contributed by atoms with Crippen molar-refractivity contribution < 1.29 is 23.1 Å². The van der Waals surface area contributed by atoms with E-state index in [1.165, 1.54) is 38.5 Å². The Kier molecular flexibility index (Phi) is 9.49. The van der Waals surface area contributed by atoms with Gasteiger partial charge in [-0.3, -0.25) is 0 Å². The molecule has 0 aromatic carbocycles. The Morgan fingerprint density at radius 2 is 1.75 bits per heavy atom. The fraction of sp³-hybridized carbons (Fsp3) is 0.692.